The Balaban J connectivity index is 3.42. The summed E-state index contributed by atoms with van der Waals surface area (Å²) in [6.45, 7) is -1.35. The van der Waals surface area contributed by atoms with Crippen molar-refractivity contribution < 1.29 is 23.0 Å². The second-order valence-corrected chi connectivity index (χ2v) is 3.34. The van der Waals surface area contributed by atoms with Gasteiger partial charge in [-0.25, -0.2) is 4.79 Å². The SMILES string of the molecule is CCc1cc(C#N)cc(OC(F)F)c1C(=O)OC. The summed E-state index contributed by atoms with van der Waals surface area (Å²) < 4.78 is 33.4. The summed E-state index contributed by atoms with van der Waals surface area (Å²) in [4.78, 5) is 11.6. The molecule has 0 aromatic heterocycles. The maximum atomic E-state index is 12.3. The van der Waals surface area contributed by atoms with Gasteiger partial charge in [-0.1, -0.05) is 6.92 Å². The van der Waals surface area contributed by atoms with E-state index in [1.807, 2.05) is 6.07 Å². The van der Waals surface area contributed by atoms with E-state index in [1.165, 1.54) is 6.07 Å². The summed E-state index contributed by atoms with van der Waals surface area (Å²) in [6, 6.07) is 4.37. The first-order valence-electron chi connectivity index (χ1n) is 5.13. The number of methoxy groups -OCH3 is 1. The lowest BCUT2D eigenvalue weighted by atomic mass is 10.0. The zero-order valence-electron chi connectivity index (χ0n) is 9.87. The van der Waals surface area contributed by atoms with Crippen LogP contribution in [0.25, 0.3) is 0 Å². The fraction of sp³-hybridized carbons (Fsp3) is 0.333. The second kappa shape index (κ2) is 5.96. The third-order valence-electron chi connectivity index (χ3n) is 2.30. The average Bonchev–Trinajstić information content (AvgIpc) is 2.36. The van der Waals surface area contributed by atoms with Gasteiger partial charge in [0.05, 0.1) is 18.7 Å². The number of nitriles is 1. The Bertz CT molecular complexity index is 495. The fourth-order valence-corrected chi connectivity index (χ4v) is 1.54. The van der Waals surface area contributed by atoms with E-state index >= 15 is 0 Å². The normalized spacial score (nSPS) is 10.0. The van der Waals surface area contributed by atoms with Crippen molar-refractivity contribution in [3.63, 3.8) is 0 Å². The van der Waals surface area contributed by atoms with Crippen molar-refractivity contribution in [3.8, 4) is 11.8 Å². The third-order valence-corrected chi connectivity index (χ3v) is 2.30. The van der Waals surface area contributed by atoms with E-state index in [4.69, 9.17) is 5.26 Å². The molecule has 1 aromatic rings. The molecule has 0 aliphatic rings. The molecular formula is C12H11F2NO3. The van der Waals surface area contributed by atoms with Gasteiger partial charge in [0, 0.05) is 0 Å². The highest BCUT2D eigenvalue weighted by molar-refractivity contribution is 5.94. The first-order chi connectivity index (χ1) is 8.53. The van der Waals surface area contributed by atoms with Crippen LogP contribution < -0.4 is 4.74 Å². The van der Waals surface area contributed by atoms with Crippen LogP contribution in [0.5, 0.6) is 5.75 Å². The van der Waals surface area contributed by atoms with Crippen molar-refractivity contribution in [1.29, 1.82) is 5.26 Å². The number of hydrogen-bond acceptors (Lipinski definition) is 4. The molecule has 0 radical (unpaired) electrons. The topological polar surface area (TPSA) is 59.3 Å². The zero-order chi connectivity index (χ0) is 13.7. The molecule has 4 nitrogen and oxygen atoms in total. The van der Waals surface area contributed by atoms with Crippen molar-refractivity contribution in [1.82, 2.24) is 0 Å². The van der Waals surface area contributed by atoms with Gasteiger partial charge in [-0.05, 0) is 24.1 Å². The molecule has 0 heterocycles. The average molecular weight is 255 g/mol. The largest absolute Gasteiger partial charge is 0.465 e. The summed E-state index contributed by atoms with van der Waals surface area (Å²) in [5.74, 6) is -1.11. The number of carbonyl (C=O) groups is 1. The van der Waals surface area contributed by atoms with E-state index in [9.17, 15) is 13.6 Å². The fourth-order valence-electron chi connectivity index (χ4n) is 1.54. The Hall–Kier alpha value is -2.16. The van der Waals surface area contributed by atoms with Crippen LogP contribution >= 0.6 is 0 Å². The van der Waals surface area contributed by atoms with Crippen molar-refractivity contribution in [2.45, 2.75) is 20.0 Å². The molecule has 96 valence electrons. The molecule has 0 unspecified atom stereocenters. The first-order valence-corrected chi connectivity index (χ1v) is 5.13. The van der Waals surface area contributed by atoms with Crippen molar-refractivity contribution in [3.05, 3.63) is 28.8 Å². The van der Waals surface area contributed by atoms with Gasteiger partial charge in [-0.3, -0.25) is 0 Å². The van der Waals surface area contributed by atoms with Crippen molar-refractivity contribution in [2.75, 3.05) is 7.11 Å². The molecule has 0 amide bonds. The number of hydrogen-bond donors (Lipinski definition) is 0. The molecular weight excluding hydrogens is 244 g/mol. The number of alkyl halides is 2. The number of aryl methyl sites for hydroxylation is 1. The standard InChI is InChI=1S/C12H11F2NO3/c1-3-8-4-7(6-15)5-9(18-12(13)14)10(8)11(16)17-2/h4-5,12H,3H2,1-2H3. The van der Waals surface area contributed by atoms with Crippen LogP contribution in [0.4, 0.5) is 8.78 Å². The van der Waals surface area contributed by atoms with Crippen molar-refractivity contribution >= 4 is 5.97 Å². The number of esters is 1. The maximum absolute atomic E-state index is 12.3. The van der Waals surface area contributed by atoms with Crippen LogP contribution in [0.2, 0.25) is 0 Å². The van der Waals surface area contributed by atoms with Gasteiger partial charge in [-0.2, -0.15) is 14.0 Å². The number of nitrogens with zero attached hydrogens (tertiary/aromatic N) is 1. The molecule has 0 saturated carbocycles. The Morgan fingerprint density at radius 2 is 2.17 bits per heavy atom. The lowest BCUT2D eigenvalue weighted by molar-refractivity contribution is -0.0504. The highest BCUT2D eigenvalue weighted by Gasteiger charge is 2.21. The molecule has 1 rings (SSSR count). The highest BCUT2D eigenvalue weighted by atomic mass is 19.3. The second-order valence-electron chi connectivity index (χ2n) is 3.34. The van der Waals surface area contributed by atoms with E-state index in [0.717, 1.165) is 13.2 Å². The molecule has 0 N–H and O–H groups in total. The minimum Gasteiger partial charge on any atom is -0.465 e. The number of rotatable bonds is 4. The third kappa shape index (κ3) is 2.94. The van der Waals surface area contributed by atoms with E-state index in [-0.39, 0.29) is 16.9 Å². The quantitative estimate of drug-likeness (QED) is 0.775. The van der Waals surface area contributed by atoms with Gasteiger partial charge in [-0.15, -0.1) is 0 Å². The van der Waals surface area contributed by atoms with Crippen LogP contribution in [0, 0.1) is 11.3 Å². The molecule has 1 aromatic carbocycles. The molecule has 0 atom stereocenters. The smallest absolute Gasteiger partial charge is 0.387 e. The van der Waals surface area contributed by atoms with E-state index in [0.29, 0.717) is 12.0 Å². The van der Waals surface area contributed by atoms with Gasteiger partial charge >= 0.3 is 12.6 Å². The van der Waals surface area contributed by atoms with Crippen molar-refractivity contribution in [2.24, 2.45) is 0 Å². The maximum Gasteiger partial charge on any atom is 0.387 e. The first kappa shape index (κ1) is 13.9. The van der Waals surface area contributed by atoms with E-state index in [2.05, 4.69) is 9.47 Å². The number of ether oxygens (including phenoxy) is 2. The molecule has 6 heteroatoms. The monoisotopic (exact) mass is 255 g/mol. The molecule has 0 bridgehead atoms. The molecule has 0 fully saturated rings. The molecule has 18 heavy (non-hydrogen) atoms. The lowest BCUT2D eigenvalue weighted by Crippen LogP contribution is -2.12. The minimum absolute atomic E-state index is 0.0701. The summed E-state index contributed by atoms with van der Waals surface area (Å²) in [5.41, 5.74) is 0.506. The zero-order valence-corrected chi connectivity index (χ0v) is 9.87. The Morgan fingerprint density at radius 3 is 2.61 bits per heavy atom. The number of benzene rings is 1. The van der Waals surface area contributed by atoms with Gasteiger partial charge in [0.1, 0.15) is 11.3 Å². The van der Waals surface area contributed by atoms with E-state index in [1.54, 1.807) is 6.92 Å². The molecule has 0 saturated heterocycles. The van der Waals surface area contributed by atoms with Gasteiger partial charge in [0.2, 0.25) is 0 Å². The number of halogens is 2. The minimum atomic E-state index is -3.08. The number of carbonyl (C=O) groups excluding carboxylic acids is 1. The predicted molar refractivity (Wildman–Crippen MR) is 58.5 cm³/mol. The van der Waals surface area contributed by atoms with Crippen LogP contribution in [-0.2, 0) is 11.2 Å². The molecule has 0 spiro atoms. The summed E-state index contributed by atoms with van der Waals surface area (Å²) in [7, 11) is 1.14. The van der Waals surface area contributed by atoms with E-state index < -0.39 is 12.6 Å². The summed E-state index contributed by atoms with van der Waals surface area (Å²) in [5, 5.41) is 8.79. The van der Waals surface area contributed by atoms with Crippen LogP contribution in [0.15, 0.2) is 12.1 Å². The molecule has 0 aliphatic carbocycles. The van der Waals surface area contributed by atoms with Gasteiger partial charge < -0.3 is 9.47 Å². The summed E-state index contributed by atoms with van der Waals surface area (Å²) in [6.07, 6.45) is 0.388. The lowest BCUT2D eigenvalue weighted by Gasteiger charge is -2.13. The van der Waals surface area contributed by atoms with Gasteiger partial charge in [0.15, 0.2) is 0 Å². The van der Waals surface area contributed by atoms with Crippen LogP contribution in [-0.4, -0.2) is 19.7 Å². The molecule has 0 aliphatic heterocycles. The Morgan fingerprint density at radius 1 is 1.50 bits per heavy atom. The van der Waals surface area contributed by atoms with Gasteiger partial charge in [0.25, 0.3) is 0 Å². The van der Waals surface area contributed by atoms with Crippen LogP contribution in [0.1, 0.15) is 28.4 Å². The summed E-state index contributed by atoms with van der Waals surface area (Å²) >= 11 is 0. The highest BCUT2D eigenvalue weighted by Crippen LogP contribution is 2.27. The predicted octanol–water partition coefficient (Wildman–Crippen LogP) is 2.51. The Labute approximate surface area is 103 Å². The van der Waals surface area contributed by atoms with Crippen LogP contribution in [0.3, 0.4) is 0 Å². The Kier molecular flexibility index (Phi) is 4.60.